The second-order valence-electron chi connectivity index (χ2n) is 8.75. The van der Waals surface area contributed by atoms with Gasteiger partial charge in [-0.1, -0.05) is 54.1 Å². The van der Waals surface area contributed by atoms with E-state index in [1.54, 1.807) is 7.11 Å². The molecule has 2 aromatic carbocycles. The highest BCUT2D eigenvalue weighted by Gasteiger charge is 2.25. The number of nitrogens with zero attached hydrogens (tertiary/aromatic N) is 2. The third-order valence-electron chi connectivity index (χ3n) is 6.33. The lowest BCUT2D eigenvalue weighted by Gasteiger charge is -2.32. The number of hydrogen-bond acceptors (Lipinski definition) is 3. The van der Waals surface area contributed by atoms with Crippen LogP contribution >= 0.6 is 0 Å². The molecule has 1 amide bonds. The van der Waals surface area contributed by atoms with Crippen molar-refractivity contribution in [3.63, 3.8) is 0 Å². The summed E-state index contributed by atoms with van der Waals surface area (Å²) >= 11 is 0. The number of para-hydroxylation sites is 1. The first-order valence-corrected chi connectivity index (χ1v) is 11.5. The highest BCUT2D eigenvalue weighted by molar-refractivity contribution is 5.76. The normalized spacial score (nSPS) is 16.1. The Morgan fingerprint density at radius 3 is 2.75 bits per heavy atom. The molecule has 0 saturated carbocycles. The van der Waals surface area contributed by atoms with Gasteiger partial charge in [0.2, 0.25) is 5.91 Å². The number of carbonyl (C=O) groups excluding carboxylic acids is 1. The van der Waals surface area contributed by atoms with Gasteiger partial charge in [-0.2, -0.15) is 0 Å². The number of pyridine rings is 1. The fourth-order valence-electron chi connectivity index (χ4n) is 4.59. The molecule has 0 radical (unpaired) electrons. The summed E-state index contributed by atoms with van der Waals surface area (Å²) in [5.41, 5.74) is 6.00. The second-order valence-corrected chi connectivity index (χ2v) is 8.75. The molecular weight excluding hydrogens is 396 g/mol. The van der Waals surface area contributed by atoms with Gasteiger partial charge < -0.3 is 9.64 Å². The zero-order valence-corrected chi connectivity index (χ0v) is 19.1. The average Bonchev–Trinajstić information content (AvgIpc) is 2.83. The molecule has 4 heteroatoms. The largest absolute Gasteiger partial charge is 0.496 e. The Kier molecular flexibility index (Phi) is 7.21. The SMILES string of the molecule is COc1ccccc1CCC(=O)N1CCCC(c2ccc(Cc3cccc(C)c3)cn2)C1. The number of aromatic nitrogens is 1. The predicted molar refractivity (Wildman–Crippen MR) is 128 cm³/mol. The number of rotatable bonds is 7. The molecular formula is C28H32N2O2. The molecule has 3 aromatic rings. The highest BCUT2D eigenvalue weighted by Crippen LogP contribution is 2.27. The molecule has 32 heavy (non-hydrogen) atoms. The van der Waals surface area contributed by atoms with Gasteiger partial charge in [0.1, 0.15) is 5.75 Å². The minimum atomic E-state index is 0.219. The van der Waals surface area contributed by atoms with Gasteiger partial charge in [-0.05, 0) is 61.4 Å². The van der Waals surface area contributed by atoms with Crippen LogP contribution in [0.15, 0.2) is 66.9 Å². The van der Waals surface area contributed by atoms with E-state index in [9.17, 15) is 4.79 Å². The molecule has 1 aliphatic rings. The van der Waals surface area contributed by atoms with Crippen molar-refractivity contribution < 1.29 is 9.53 Å². The first-order valence-electron chi connectivity index (χ1n) is 11.5. The van der Waals surface area contributed by atoms with Crippen molar-refractivity contribution in [2.24, 2.45) is 0 Å². The molecule has 0 spiro atoms. The number of benzene rings is 2. The molecule has 1 fully saturated rings. The van der Waals surface area contributed by atoms with E-state index in [4.69, 9.17) is 9.72 Å². The average molecular weight is 429 g/mol. The van der Waals surface area contributed by atoms with E-state index < -0.39 is 0 Å². The summed E-state index contributed by atoms with van der Waals surface area (Å²) in [7, 11) is 1.68. The summed E-state index contributed by atoms with van der Waals surface area (Å²) < 4.78 is 5.42. The second kappa shape index (κ2) is 10.4. The van der Waals surface area contributed by atoms with Crippen molar-refractivity contribution >= 4 is 5.91 Å². The topological polar surface area (TPSA) is 42.4 Å². The summed E-state index contributed by atoms with van der Waals surface area (Å²) in [6.45, 7) is 3.72. The molecule has 0 aliphatic carbocycles. The monoisotopic (exact) mass is 428 g/mol. The quantitative estimate of drug-likeness (QED) is 0.511. The zero-order chi connectivity index (χ0) is 22.3. The maximum absolute atomic E-state index is 12.9. The first kappa shape index (κ1) is 22.1. The van der Waals surface area contributed by atoms with Crippen LogP contribution < -0.4 is 4.74 Å². The van der Waals surface area contributed by atoms with E-state index >= 15 is 0 Å². The van der Waals surface area contributed by atoms with Crippen molar-refractivity contribution in [1.82, 2.24) is 9.88 Å². The Bertz CT molecular complexity index is 1050. The molecule has 0 bridgehead atoms. The van der Waals surface area contributed by atoms with Gasteiger partial charge in [0, 0.05) is 37.3 Å². The van der Waals surface area contributed by atoms with Crippen LogP contribution in [0.5, 0.6) is 5.75 Å². The standard InChI is InChI=1S/C28H32N2O2/c1-21-7-5-8-22(17-21)18-23-12-14-26(29-19-23)25-10-6-16-30(20-25)28(31)15-13-24-9-3-4-11-27(24)32-2/h3-5,7-9,11-12,14,17,19,25H,6,10,13,15-16,18,20H2,1-2H3. The van der Waals surface area contributed by atoms with E-state index in [2.05, 4.69) is 43.3 Å². The molecule has 2 heterocycles. The molecule has 1 saturated heterocycles. The number of amides is 1. The molecule has 1 atom stereocenters. The van der Waals surface area contributed by atoms with E-state index in [1.165, 1.54) is 16.7 Å². The van der Waals surface area contributed by atoms with Crippen molar-refractivity contribution in [3.8, 4) is 5.75 Å². The lowest BCUT2D eigenvalue weighted by Crippen LogP contribution is -2.39. The summed E-state index contributed by atoms with van der Waals surface area (Å²) in [5, 5.41) is 0. The maximum atomic E-state index is 12.9. The van der Waals surface area contributed by atoms with Crippen LogP contribution in [0.25, 0.3) is 0 Å². The summed E-state index contributed by atoms with van der Waals surface area (Å²) in [4.78, 5) is 19.7. The Balaban J connectivity index is 1.34. The van der Waals surface area contributed by atoms with Crippen LogP contribution in [-0.4, -0.2) is 36.0 Å². The minimum Gasteiger partial charge on any atom is -0.496 e. The molecule has 4 rings (SSSR count). The Morgan fingerprint density at radius 2 is 1.97 bits per heavy atom. The smallest absolute Gasteiger partial charge is 0.222 e. The van der Waals surface area contributed by atoms with Gasteiger partial charge in [0.15, 0.2) is 0 Å². The number of aryl methyl sites for hydroxylation is 2. The fourth-order valence-corrected chi connectivity index (χ4v) is 4.59. The summed E-state index contributed by atoms with van der Waals surface area (Å²) in [6.07, 6.45) is 6.22. The van der Waals surface area contributed by atoms with Crippen LogP contribution in [0.2, 0.25) is 0 Å². The van der Waals surface area contributed by atoms with E-state index in [1.807, 2.05) is 35.4 Å². The van der Waals surface area contributed by atoms with Gasteiger partial charge in [-0.15, -0.1) is 0 Å². The van der Waals surface area contributed by atoms with Gasteiger partial charge in [-0.3, -0.25) is 9.78 Å². The third-order valence-corrected chi connectivity index (χ3v) is 6.33. The van der Waals surface area contributed by atoms with Gasteiger partial charge >= 0.3 is 0 Å². The Labute approximate surface area is 191 Å². The maximum Gasteiger partial charge on any atom is 0.222 e. The molecule has 0 N–H and O–H groups in total. The van der Waals surface area contributed by atoms with E-state index in [-0.39, 0.29) is 5.91 Å². The van der Waals surface area contributed by atoms with Crippen LogP contribution in [0.1, 0.15) is 53.1 Å². The minimum absolute atomic E-state index is 0.219. The number of likely N-dealkylation sites (tertiary alicyclic amines) is 1. The molecule has 4 nitrogen and oxygen atoms in total. The number of hydrogen-bond donors (Lipinski definition) is 0. The summed E-state index contributed by atoms with van der Waals surface area (Å²) in [6, 6.07) is 20.9. The Hall–Kier alpha value is -3.14. The molecule has 1 aromatic heterocycles. The van der Waals surface area contributed by atoms with Gasteiger partial charge in [-0.25, -0.2) is 0 Å². The number of methoxy groups -OCH3 is 1. The zero-order valence-electron chi connectivity index (χ0n) is 19.1. The number of carbonyl (C=O) groups is 1. The Morgan fingerprint density at radius 1 is 1.09 bits per heavy atom. The number of piperidine rings is 1. The first-order chi connectivity index (χ1) is 15.6. The van der Waals surface area contributed by atoms with E-state index in [0.717, 1.165) is 49.4 Å². The highest BCUT2D eigenvalue weighted by atomic mass is 16.5. The summed E-state index contributed by atoms with van der Waals surface area (Å²) in [5.74, 6) is 1.38. The number of ether oxygens (including phenoxy) is 1. The van der Waals surface area contributed by atoms with Gasteiger partial charge in [0.25, 0.3) is 0 Å². The predicted octanol–water partition coefficient (Wildman–Crippen LogP) is 5.33. The van der Waals surface area contributed by atoms with Crippen LogP contribution in [0.4, 0.5) is 0 Å². The third kappa shape index (κ3) is 5.56. The molecule has 166 valence electrons. The fraction of sp³-hybridized carbons (Fsp3) is 0.357. The van der Waals surface area contributed by atoms with Crippen LogP contribution in [0, 0.1) is 6.92 Å². The van der Waals surface area contributed by atoms with Crippen LogP contribution in [-0.2, 0) is 17.6 Å². The van der Waals surface area contributed by atoms with Crippen molar-refractivity contribution in [1.29, 1.82) is 0 Å². The van der Waals surface area contributed by atoms with Crippen molar-refractivity contribution in [2.75, 3.05) is 20.2 Å². The van der Waals surface area contributed by atoms with Gasteiger partial charge in [0.05, 0.1) is 7.11 Å². The lowest BCUT2D eigenvalue weighted by molar-refractivity contribution is -0.132. The van der Waals surface area contributed by atoms with Crippen molar-refractivity contribution in [3.05, 3.63) is 94.8 Å². The van der Waals surface area contributed by atoms with Crippen LogP contribution in [0.3, 0.4) is 0 Å². The molecule has 1 aliphatic heterocycles. The molecule has 1 unspecified atom stereocenters. The van der Waals surface area contributed by atoms with E-state index in [0.29, 0.717) is 18.8 Å². The van der Waals surface area contributed by atoms with Crippen molar-refractivity contribution in [2.45, 2.75) is 44.9 Å². The lowest BCUT2D eigenvalue weighted by atomic mass is 9.93.